The summed E-state index contributed by atoms with van der Waals surface area (Å²) in [4.78, 5) is 12.9. The van der Waals surface area contributed by atoms with Crippen molar-refractivity contribution in [1.82, 2.24) is 10.6 Å². The number of anilines is 1. The number of rotatable bonds is 4. The summed E-state index contributed by atoms with van der Waals surface area (Å²) in [6.45, 7) is 0. The second kappa shape index (κ2) is 9.13. The Morgan fingerprint density at radius 1 is 0.931 bits per heavy atom. The highest BCUT2D eigenvalue weighted by molar-refractivity contribution is 7.80. The van der Waals surface area contributed by atoms with Crippen LogP contribution >= 0.6 is 47.0 Å². The van der Waals surface area contributed by atoms with E-state index in [4.69, 9.17) is 47.0 Å². The minimum Gasteiger partial charge on any atom is -0.339 e. The molecule has 4 nitrogen and oxygen atoms in total. The number of hydrogen-bond acceptors (Lipinski definition) is 2. The van der Waals surface area contributed by atoms with Crippen molar-refractivity contribution in [3.05, 3.63) is 78.1 Å². The maximum absolute atomic E-state index is 13.0. The highest BCUT2D eigenvalue weighted by Gasteiger charge is 2.35. The molecule has 1 atom stereocenters. The molecule has 0 spiro atoms. The van der Waals surface area contributed by atoms with Gasteiger partial charge in [0.2, 0.25) is 3.79 Å². The monoisotopic (exact) mass is 469 g/mol. The first-order valence-electron chi connectivity index (χ1n) is 8.42. The fourth-order valence-electron chi connectivity index (χ4n) is 2.66. The van der Waals surface area contributed by atoms with E-state index in [-0.39, 0.29) is 10.9 Å². The number of benzene rings is 3. The number of fused-ring (bicyclic) bond motifs is 1. The molecule has 0 aliphatic rings. The number of nitrogens with one attached hydrogen (secondary N) is 3. The van der Waals surface area contributed by atoms with Crippen molar-refractivity contribution in [2.45, 2.75) is 9.96 Å². The molecule has 0 unspecified atom stereocenters. The predicted molar refractivity (Wildman–Crippen MR) is 121 cm³/mol. The zero-order chi connectivity index (χ0) is 21.0. The van der Waals surface area contributed by atoms with Crippen LogP contribution in [0.25, 0.3) is 10.8 Å². The first-order chi connectivity index (χ1) is 13.7. The smallest absolute Gasteiger partial charge is 0.253 e. The third-order valence-electron chi connectivity index (χ3n) is 4.01. The normalized spacial score (nSPS) is 12.3. The van der Waals surface area contributed by atoms with Gasteiger partial charge in [-0.05, 0) is 53.3 Å². The van der Waals surface area contributed by atoms with Gasteiger partial charge in [0, 0.05) is 11.3 Å². The van der Waals surface area contributed by atoms with Gasteiger partial charge in [-0.2, -0.15) is 0 Å². The van der Waals surface area contributed by atoms with Crippen LogP contribution in [0.15, 0.2) is 66.7 Å². The second-order valence-electron chi connectivity index (χ2n) is 6.08. The molecule has 0 saturated heterocycles. The van der Waals surface area contributed by atoms with E-state index < -0.39 is 15.9 Å². The fourth-order valence-corrected chi connectivity index (χ4v) is 3.23. The molecule has 0 fully saturated rings. The van der Waals surface area contributed by atoms with Crippen LogP contribution < -0.4 is 16.0 Å². The van der Waals surface area contributed by atoms with E-state index in [1.807, 2.05) is 30.3 Å². The van der Waals surface area contributed by atoms with Crippen LogP contribution in [0.4, 0.5) is 10.1 Å². The standard InChI is InChI=1S/C20H15Cl3FN3OS/c21-20(22,23)18(27-19(29)25-14-10-8-13(24)9-11-14)26-17(28)16-7-3-5-12-4-1-2-6-15(12)16/h1-11,18H,(H,26,28)(H2,25,27,29)/t18-/m1/s1. The molecule has 29 heavy (non-hydrogen) atoms. The van der Waals surface area contributed by atoms with Gasteiger partial charge in [0.1, 0.15) is 12.0 Å². The second-order valence-corrected chi connectivity index (χ2v) is 8.86. The lowest BCUT2D eigenvalue weighted by molar-refractivity contribution is 0.0936. The lowest BCUT2D eigenvalue weighted by Crippen LogP contribution is -2.56. The van der Waals surface area contributed by atoms with Crippen LogP contribution in [-0.2, 0) is 0 Å². The van der Waals surface area contributed by atoms with Gasteiger partial charge in [0.05, 0.1) is 0 Å². The van der Waals surface area contributed by atoms with E-state index in [9.17, 15) is 9.18 Å². The lowest BCUT2D eigenvalue weighted by atomic mass is 10.0. The first-order valence-corrected chi connectivity index (χ1v) is 9.97. The van der Waals surface area contributed by atoms with Gasteiger partial charge in [0.25, 0.3) is 5.91 Å². The molecule has 0 radical (unpaired) electrons. The SMILES string of the molecule is O=C(N[C@H](NC(=S)Nc1ccc(F)cc1)C(Cl)(Cl)Cl)c1cccc2ccccc12. The van der Waals surface area contributed by atoms with Crippen molar-refractivity contribution in [2.75, 3.05) is 5.32 Å². The van der Waals surface area contributed by atoms with E-state index in [0.717, 1.165) is 10.8 Å². The Bertz CT molecular complexity index is 1040. The molecule has 150 valence electrons. The van der Waals surface area contributed by atoms with Gasteiger partial charge in [-0.25, -0.2) is 4.39 Å². The van der Waals surface area contributed by atoms with Gasteiger partial charge in [-0.3, -0.25) is 4.79 Å². The van der Waals surface area contributed by atoms with Gasteiger partial charge < -0.3 is 16.0 Å². The molecule has 0 saturated carbocycles. The number of halogens is 4. The summed E-state index contributed by atoms with van der Waals surface area (Å²) in [6, 6.07) is 18.4. The highest BCUT2D eigenvalue weighted by atomic mass is 35.6. The van der Waals surface area contributed by atoms with Crippen molar-refractivity contribution in [1.29, 1.82) is 0 Å². The molecule has 3 aromatic rings. The third-order valence-corrected chi connectivity index (χ3v) is 4.89. The Balaban J connectivity index is 1.76. The van der Waals surface area contributed by atoms with Crippen LogP contribution in [-0.4, -0.2) is 21.0 Å². The molecule has 0 bridgehead atoms. The van der Waals surface area contributed by atoms with Crippen molar-refractivity contribution < 1.29 is 9.18 Å². The summed E-state index contributed by atoms with van der Waals surface area (Å²) in [5, 5.41) is 10.0. The third kappa shape index (κ3) is 5.70. The molecule has 0 heterocycles. The molecule has 3 rings (SSSR count). The van der Waals surface area contributed by atoms with E-state index in [2.05, 4.69) is 16.0 Å². The summed E-state index contributed by atoms with van der Waals surface area (Å²) < 4.78 is 11.1. The van der Waals surface area contributed by atoms with Gasteiger partial charge in [-0.15, -0.1) is 0 Å². The van der Waals surface area contributed by atoms with Crippen LogP contribution in [0.5, 0.6) is 0 Å². The van der Waals surface area contributed by atoms with Crippen molar-refractivity contribution in [3.63, 3.8) is 0 Å². The number of amides is 1. The maximum Gasteiger partial charge on any atom is 0.253 e. The zero-order valence-corrected chi connectivity index (χ0v) is 17.8. The number of hydrogen-bond donors (Lipinski definition) is 3. The van der Waals surface area contributed by atoms with Crippen molar-refractivity contribution in [2.24, 2.45) is 0 Å². The number of carbonyl (C=O) groups excluding carboxylic acids is 1. The topological polar surface area (TPSA) is 53.2 Å². The zero-order valence-electron chi connectivity index (χ0n) is 14.8. The average molecular weight is 471 g/mol. The maximum atomic E-state index is 13.0. The molecule has 3 N–H and O–H groups in total. The molecular weight excluding hydrogens is 456 g/mol. The van der Waals surface area contributed by atoms with Gasteiger partial charge in [0.15, 0.2) is 5.11 Å². The molecular formula is C20H15Cl3FN3OS. The largest absolute Gasteiger partial charge is 0.339 e. The minimum atomic E-state index is -1.89. The van der Waals surface area contributed by atoms with E-state index >= 15 is 0 Å². The number of alkyl halides is 3. The first kappa shape index (κ1) is 21.6. The Morgan fingerprint density at radius 3 is 2.28 bits per heavy atom. The molecule has 9 heteroatoms. The Kier molecular flexibility index (Phi) is 6.80. The quantitative estimate of drug-likeness (QED) is 0.272. The summed E-state index contributed by atoms with van der Waals surface area (Å²) in [5.74, 6) is -0.814. The van der Waals surface area contributed by atoms with Crippen molar-refractivity contribution in [3.8, 4) is 0 Å². The summed E-state index contributed by atoms with van der Waals surface area (Å²) in [5.41, 5.74) is 0.967. The molecule has 3 aromatic carbocycles. The Labute approximate surface area is 187 Å². The van der Waals surface area contributed by atoms with E-state index in [1.54, 1.807) is 12.1 Å². The molecule has 0 aliphatic carbocycles. The average Bonchev–Trinajstić information content (AvgIpc) is 2.68. The molecule has 0 aliphatic heterocycles. The van der Waals surface area contributed by atoms with E-state index in [0.29, 0.717) is 11.3 Å². The number of carbonyl (C=O) groups is 1. The summed E-state index contributed by atoms with van der Waals surface area (Å²) in [7, 11) is 0. The summed E-state index contributed by atoms with van der Waals surface area (Å²) in [6.07, 6.45) is -1.13. The minimum absolute atomic E-state index is 0.0890. The summed E-state index contributed by atoms with van der Waals surface area (Å²) >= 11 is 23.3. The lowest BCUT2D eigenvalue weighted by Gasteiger charge is -2.28. The number of thiocarbonyl (C=S) groups is 1. The highest BCUT2D eigenvalue weighted by Crippen LogP contribution is 2.30. The Morgan fingerprint density at radius 2 is 1.59 bits per heavy atom. The predicted octanol–water partition coefficient (Wildman–Crippen LogP) is 5.39. The molecule has 1 amide bonds. The van der Waals surface area contributed by atoms with Crippen molar-refractivity contribution >= 4 is 74.5 Å². The van der Waals surface area contributed by atoms with Crippen LogP contribution in [0.2, 0.25) is 0 Å². The van der Waals surface area contributed by atoms with Crippen LogP contribution in [0.1, 0.15) is 10.4 Å². The van der Waals surface area contributed by atoms with Gasteiger partial charge in [-0.1, -0.05) is 71.2 Å². The van der Waals surface area contributed by atoms with E-state index in [1.165, 1.54) is 24.3 Å². The molecule has 0 aromatic heterocycles. The van der Waals surface area contributed by atoms with Crippen LogP contribution in [0.3, 0.4) is 0 Å². The fraction of sp³-hybridized carbons (Fsp3) is 0.100. The van der Waals surface area contributed by atoms with Crippen LogP contribution in [0, 0.1) is 5.82 Å². The Hall–Kier alpha value is -2.12. The van der Waals surface area contributed by atoms with Gasteiger partial charge >= 0.3 is 0 Å².